The summed E-state index contributed by atoms with van der Waals surface area (Å²) in [6.45, 7) is 5.42. The molecule has 0 radical (unpaired) electrons. The number of aromatic nitrogens is 2. The number of esters is 1. The Morgan fingerprint density at radius 3 is 2.64 bits per heavy atom. The SMILES string of the molecule is CCOC(=O)c1nc(C)nc(Cl)c1C. The second-order valence-corrected chi connectivity index (χ2v) is 3.11. The van der Waals surface area contributed by atoms with E-state index in [1.54, 1.807) is 20.8 Å². The number of hydrogen-bond acceptors (Lipinski definition) is 4. The van der Waals surface area contributed by atoms with Crippen molar-refractivity contribution in [2.45, 2.75) is 20.8 Å². The van der Waals surface area contributed by atoms with Crippen LogP contribution in [0.4, 0.5) is 0 Å². The molecule has 0 unspecified atom stereocenters. The molecule has 0 amide bonds. The lowest BCUT2D eigenvalue weighted by Gasteiger charge is -2.06. The van der Waals surface area contributed by atoms with Crippen LogP contribution in [-0.4, -0.2) is 22.5 Å². The van der Waals surface area contributed by atoms with E-state index in [9.17, 15) is 4.79 Å². The average Bonchev–Trinajstić information content (AvgIpc) is 2.11. The third-order valence-electron chi connectivity index (χ3n) is 1.67. The van der Waals surface area contributed by atoms with Crippen molar-refractivity contribution in [1.29, 1.82) is 0 Å². The predicted molar refractivity (Wildman–Crippen MR) is 52.5 cm³/mol. The number of hydrogen-bond donors (Lipinski definition) is 0. The molecule has 14 heavy (non-hydrogen) atoms. The maximum absolute atomic E-state index is 11.4. The summed E-state index contributed by atoms with van der Waals surface area (Å²) < 4.78 is 4.83. The summed E-state index contributed by atoms with van der Waals surface area (Å²) in [5.74, 6) is 0.000975. The molecule has 0 atom stereocenters. The highest BCUT2D eigenvalue weighted by Gasteiger charge is 2.15. The van der Waals surface area contributed by atoms with Gasteiger partial charge < -0.3 is 4.74 Å². The lowest BCUT2D eigenvalue weighted by molar-refractivity contribution is 0.0518. The zero-order chi connectivity index (χ0) is 10.7. The highest BCUT2D eigenvalue weighted by molar-refractivity contribution is 6.30. The van der Waals surface area contributed by atoms with Gasteiger partial charge in [-0.1, -0.05) is 11.6 Å². The first-order chi connectivity index (χ1) is 6.56. The standard InChI is InChI=1S/C9H11ClN2O2/c1-4-14-9(13)7-5(2)8(10)12-6(3)11-7/h4H2,1-3H3. The van der Waals surface area contributed by atoms with Gasteiger partial charge in [0.05, 0.1) is 6.61 Å². The Balaban J connectivity index is 3.13. The fraction of sp³-hybridized carbons (Fsp3) is 0.444. The van der Waals surface area contributed by atoms with Crippen molar-refractivity contribution in [1.82, 2.24) is 9.97 Å². The van der Waals surface area contributed by atoms with E-state index in [1.165, 1.54) is 0 Å². The second-order valence-electron chi connectivity index (χ2n) is 2.76. The molecule has 0 spiro atoms. The Morgan fingerprint density at radius 2 is 2.07 bits per heavy atom. The van der Waals surface area contributed by atoms with E-state index in [0.717, 1.165) is 0 Å². The monoisotopic (exact) mass is 214 g/mol. The van der Waals surface area contributed by atoms with Gasteiger partial charge in [-0.15, -0.1) is 0 Å². The normalized spacial score (nSPS) is 10.0. The van der Waals surface area contributed by atoms with Crippen molar-refractivity contribution < 1.29 is 9.53 Å². The summed E-state index contributed by atoms with van der Waals surface area (Å²) >= 11 is 5.80. The topological polar surface area (TPSA) is 52.1 Å². The molecule has 0 aliphatic carbocycles. The number of ether oxygens (including phenoxy) is 1. The molecule has 5 heteroatoms. The second kappa shape index (κ2) is 4.37. The van der Waals surface area contributed by atoms with Gasteiger partial charge in [0.25, 0.3) is 0 Å². The molecular weight excluding hydrogens is 204 g/mol. The Hall–Kier alpha value is -1.16. The van der Waals surface area contributed by atoms with Crippen molar-refractivity contribution in [3.63, 3.8) is 0 Å². The van der Waals surface area contributed by atoms with Gasteiger partial charge in [0, 0.05) is 5.56 Å². The van der Waals surface area contributed by atoms with Gasteiger partial charge in [-0.3, -0.25) is 0 Å². The van der Waals surface area contributed by atoms with Crippen LogP contribution in [0.5, 0.6) is 0 Å². The highest BCUT2D eigenvalue weighted by Crippen LogP contribution is 2.15. The largest absolute Gasteiger partial charge is 0.461 e. The quantitative estimate of drug-likeness (QED) is 0.558. The molecule has 0 aliphatic rings. The van der Waals surface area contributed by atoms with Crippen LogP contribution in [0.3, 0.4) is 0 Å². The van der Waals surface area contributed by atoms with Crippen LogP contribution >= 0.6 is 11.6 Å². The minimum Gasteiger partial charge on any atom is -0.461 e. The average molecular weight is 215 g/mol. The van der Waals surface area contributed by atoms with Crippen LogP contribution in [0, 0.1) is 13.8 Å². The van der Waals surface area contributed by atoms with Gasteiger partial charge in [-0.2, -0.15) is 0 Å². The van der Waals surface area contributed by atoms with E-state index < -0.39 is 5.97 Å². The van der Waals surface area contributed by atoms with E-state index in [1.807, 2.05) is 0 Å². The summed E-state index contributed by atoms with van der Waals surface area (Å²) in [5.41, 5.74) is 0.792. The molecule has 0 saturated carbocycles. The summed E-state index contributed by atoms with van der Waals surface area (Å²) in [4.78, 5) is 19.3. The fourth-order valence-corrected chi connectivity index (χ4v) is 1.20. The van der Waals surface area contributed by atoms with Crippen molar-refractivity contribution in [3.8, 4) is 0 Å². The molecule has 0 aliphatic heterocycles. The third-order valence-corrected chi connectivity index (χ3v) is 2.03. The zero-order valence-electron chi connectivity index (χ0n) is 8.30. The maximum Gasteiger partial charge on any atom is 0.357 e. The molecular formula is C9H11ClN2O2. The van der Waals surface area contributed by atoms with E-state index >= 15 is 0 Å². The number of carbonyl (C=O) groups excluding carboxylic acids is 1. The van der Waals surface area contributed by atoms with Crippen LogP contribution in [-0.2, 0) is 4.74 Å². The van der Waals surface area contributed by atoms with Gasteiger partial charge in [0.1, 0.15) is 11.0 Å². The Morgan fingerprint density at radius 1 is 1.43 bits per heavy atom. The van der Waals surface area contributed by atoms with Crippen molar-refractivity contribution >= 4 is 17.6 Å². The molecule has 4 nitrogen and oxygen atoms in total. The van der Waals surface area contributed by atoms with Gasteiger partial charge in [0.15, 0.2) is 5.69 Å². The van der Waals surface area contributed by atoms with Crippen molar-refractivity contribution in [3.05, 3.63) is 22.2 Å². The highest BCUT2D eigenvalue weighted by atomic mass is 35.5. The minimum atomic E-state index is -0.461. The number of nitrogens with zero attached hydrogens (tertiary/aromatic N) is 2. The molecule has 0 bridgehead atoms. The van der Waals surface area contributed by atoms with Crippen LogP contribution in [0.15, 0.2) is 0 Å². The number of carbonyl (C=O) groups is 1. The summed E-state index contributed by atoms with van der Waals surface area (Å²) in [5, 5.41) is 0.292. The first-order valence-electron chi connectivity index (χ1n) is 4.24. The first-order valence-corrected chi connectivity index (χ1v) is 4.62. The lowest BCUT2D eigenvalue weighted by Crippen LogP contribution is -2.11. The van der Waals surface area contributed by atoms with Gasteiger partial charge >= 0.3 is 5.97 Å². The van der Waals surface area contributed by atoms with Crippen LogP contribution in [0.25, 0.3) is 0 Å². The van der Waals surface area contributed by atoms with Crippen molar-refractivity contribution in [2.75, 3.05) is 6.61 Å². The number of aryl methyl sites for hydroxylation is 1. The smallest absolute Gasteiger partial charge is 0.357 e. The Bertz CT molecular complexity index is 366. The number of rotatable bonds is 2. The van der Waals surface area contributed by atoms with Crippen LogP contribution in [0.2, 0.25) is 5.15 Å². The summed E-state index contributed by atoms with van der Waals surface area (Å²) in [6, 6.07) is 0. The van der Waals surface area contributed by atoms with E-state index in [-0.39, 0.29) is 5.69 Å². The molecule has 1 aromatic rings. The molecule has 1 rings (SSSR count). The molecule has 76 valence electrons. The third kappa shape index (κ3) is 2.20. The van der Waals surface area contributed by atoms with Crippen LogP contribution < -0.4 is 0 Å². The van der Waals surface area contributed by atoms with Crippen LogP contribution in [0.1, 0.15) is 28.8 Å². The molecule has 0 aromatic carbocycles. The van der Waals surface area contributed by atoms with Gasteiger partial charge in [-0.25, -0.2) is 14.8 Å². The minimum absolute atomic E-state index is 0.240. The zero-order valence-corrected chi connectivity index (χ0v) is 9.05. The molecule has 0 saturated heterocycles. The first kappa shape index (κ1) is 10.9. The molecule has 1 heterocycles. The van der Waals surface area contributed by atoms with Gasteiger partial charge in [-0.05, 0) is 20.8 Å². The predicted octanol–water partition coefficient (Wildman–Crippen LogP) is 1.92. The fourth-order valence-electron chi connectivity index (χ4n) is 0.992. The Labute approximate surface area is 87.3 Å². The maximum atomic E-state index is 11.4. The molecule has 1 aromatic heterocycles. The number of halogens is 1. The van der Waals surface area contributed by atoms with Gasteiger partial charge in [0.2, 0.25) is 0 Å². The molecule has 0 fully saturated rings. The summed E-state index contributed by atoms with van der Waals surface area (Å²) in [7, 11) is 0. The van der Waals surface area contributed by atoms with E-state index in [2.05, 4.69) is 9.97 Å². The Kier molecular flexibility index (Phi) is 3.41. The van der Waals surface area contributed by atoms with Crippen molar-refractivity contribution in [2.24, 2.45) is 0 Å². The summed E-state index contributed by atoms with van der Waals surface area (Å²) in [6.07, 6.45) is 0. The van der Waals surface area contributed by atoms with E-state index in [4.69, 9.17) is 16.3 Å². The van der Waals surface area contributed by atoms with E-state index in [0.29, 0.717) is 23.1 Å². The molecule has 0 N–H and O–H groups in total. The lowest BCUT2D eigenvalue weighted by atomic mass is 10.2.